The van der Waals surface area contributed by atoms with Gasteiger partial charge in [-0.3, -0.25) is 4.79 Å². The molecule has 0 heterocycles. The van der Waals surface area contributed by atoms with Crippen LogP contribution in [-0.4, -0.2) is 25.7 Å². The summed E-state index contributed by atoms with van der Waals surface area (Å²) >= 11 is 0. The quantitative estimate of drug-likeness (QED) is 0.579. The lowest BCUT2D eigenvalue weighted by Crippen LogP contribution is -2.28. The van der Waals surface area contributed by atoms with Gasteiger partial charge in [0.15, 0.2) is 0 Å². The minimum Gasteiger partial charge on any atom is -0.462 e. The van der Waals surface area contributed by atoms with Gasteiger partial charge in [-0.15, -0.1) is 0 Å². The van der Waals surface area contributed by atoms with E-state index in [0.717, 1.165) is 25.8 Å². The van der Waals surface area contributed by atoms with Crippen LogP contribution in [0.25, 0.3) is 0 Å². The minimum atomic E-state index is -0.0278. The van der Waals surface area contributed by atoms with Gasteiger partial charge in [0, 0.05) is 6.42 Å². The molecule has 1 N–H and O–H groups in total. The summed E-state index contributed by atoms with van der Waals surface area (Å²) in [5.74, 6) is -0.0278. The molecule has 1 rings (SSSR count). The Morgan fingerprint density at radius 2 is 2.00 bits per heavy atom. The van der Waals surface area contributed by atoms with E-state index in [2.05, 4.69) is 19.2 Å². The van der Waals surface area contributed by atoms with Crippen molar-refractivity contribution < 1.29 is 9.53 Å². The standard InChI is InChI=1S/C13H25NO2/c1-13(2)8-6-11(7-9-13)16-12(15)5-4-10-14-3/h11,14H,4-10H2,1-3H3. The molecule has 1 aliphatic rings. The van der Waals surface area contributed by atoms with E-state index in [1.54, 1.807) is 0 Å². The van der Waals surface area contributed by atoms with Gasteiger partial charge in [0.05, 0.1) is 0 Å². The van der Waals surface area contributed by atoms with Gasteiger partial charge in [0.2, 0.25) is 0 Å². The third-order valence-corrected chi connectivity index (χ3v) is 3.39. The first-order valence-electron chi connectivity index (χ1n) is 6.37. The van der Waals surface area contributed by atoms with Crippen LogP contribution in [0.3, 0.4) is 0 Å². The summed E-state index contributed by atoms with van der Waals surface area (Å²) in [7, 11) is 1.90. The second-order valence-corrected chi connectivity index (χ2v) is 5.56. The van der Waals surface area contributed by atoms with Crippen LogP contribution in [0.1, 0.15) is 52.4 Å². The maximum atomic E-state index is 11.5. The molecule has 0 aromatic carbocycles. The largest absolute Gasteiger partial charge is 0.462 e. The lowest BCUT2D eigenvalue weighted by atomic mass is 9.76. The van der Waals surface area contributed by atoms with E-state index in [0.29, 0.717) is 11.8 Å². The molecule has 0 atom stereocenters. The van der Waals surface area contributed by atoms with E-state index in [-0.39, 0.29) is 12.1 Å². The zero-order chi connectivity index (χ0) is 12.0. The summed E-state index contributed by atoms with van der Waals surface area (Å²) in [5, 5.41) is 3.03. The van der Waals surface area contributed by atoms with Crippen molar-refractivity contribution in [1.82, 2.24) is 5.32 Å². The summed E-state index contributed by atoms with van der Waals surface area (Å²) in [6, 6.07) is 0. The van der Waals surface area contributed by atoms with Gasteiger partial charge in [-0.2, -0.15) is 0 Å². The van der Waals surface area contributed by atoms with Gasteiger partial charge in [-0.25, -0.2) is 0 Å². The fourth-order valence-electron chi connectivity index (χ4n) is 2.14. The Balaban J connectivity index is 2.16. The number of hydrogen-bond donors (Lipinski definition) is 1. The van der Waals surface area contributed by atoms with E-state index in [1.165, 1.54) is 12.8 Å². The molecule has 0 radical (unpaired) electrons. The first kappa shape index (κ1) is 13.5. The Kier molecular flexibility index (Phi) is 5.26. The second-order valence-electron chi connectivity index (χ2n) is 5.56. The summed E-state index contributed by atoms with van der Waals surface area (Å²) in [6.45, 7) is 5.46. The Morgan fingerprint density at radius 3 is 2.56 bits per heavy atom. The van der Waals surface area contributed by atoms with E-state index >= 15 is 0 Å². The number of rotatable bonds is 5. The summed E-state index contributed by atoms with van der Waals surface area (Å²) in [4.78, 5) is 11.5. The van der Waals surface area contributed by atoms with Crippen LogP contribution < -0.4 is 5.32 Å². The summed E-state index contributed by atoms with van der Waals surface area (Å²) < 4.78 is 5.46. The van der Waals surface area contributed by atoms with E-state index in [9.17, 15) is 4.79 Å². The molecule has 0 spiro atoms. The predicted octanol–water partition coefficient (Wildman–Crippen LogP) is 2.50. The molecular formula is C13H25NO2. The van der Waals surface area contributed by atoms with Crippen molar-refractivity contribution >= 4 is 5.97 Å². The van der Waals surface area contributed by atoms with Gasteiger partial charge in [0.25, 0.3) is 0 Å². The molecule has 1 fully saturated rings. The van der Waals surface area contributed by atoms with E-state index in [4.69, 9.17) is 4.74 Å². The molecule has 3 heteroatoms. The number of nitrogens with one attached hydrogen (secondary N) is 1. The Hall–Kier alpha value is -0.570. The first-order valence-corrected chi connectivity index (χ1v) is 6.37. The highest BCUT2D eigenvalue weighted by molar-refractivity contribution is 5.69. The van der Waals surface area contributed by atoms with Gasteiger partial charge >= 0.3 is 5.97 Å². The highest BCUT2D eigenvalue weighted by Crippen LogP contribution is 2.36. The van der Waals surface area contributed by atoms with E-state index in [1.807, 2.05) is 7.05 Å². The van der Waals surface area contributed by atoms with Crippen LogP contribution in [0.4, 0.5) is 0 Å². The normalized spacial score (nSPS) is 20.7. The summed E-state index contributed by atoms with van der Waals surface area (Å²) in [6.07, 6.45) is 5.99. The average Bonchev–Trinajstić information content (AvgIpc) is 2.22. The molecular weight excluding hydrogens is 202 g/mol. The maximum Gasteiger partial charge on any atom is 0.306 e. The Morgan fingerprint density at radius 1 is 1.38 bits per heavy atom. The van der Waals surface area contributed by atoms with Crippen LogP contribution in [0.5, 0.6) is 0 Å². The lowest BCUT2D eigenvalue weighted by Gasteiger charge is -2.33. The van der Waals surface area contributed by atoms with Crippen LogP contribution in [0, 0.1) is 5.41 Å². The smallest absolute Gasteiger partial charge is 0.306 e. The topological polar surface area (TPSA) is 38.3 Å². The van der Waals surface area contributed by atoms with Crippen LogP contribution >= 0.6 is 0 Å². The number of hydrogen-bond acceptors (Lipinski definition) is 3. The molecule has 0 aliphatic heterocycles. The highest BCUT2D eigenvalue weighted by atomic mass is 16.5. The van der Waals surface area contributed by atoms with Crippen molar-refractivity contribution in [2.45, 2.75) is 58.5 Å². The molecule has 3 nitrogen and oxygen atoms in total. The van der Waals surface area contributed by atoms with Crippen molar-refractivity contribution in [1.29, 1.82) is 0 Å². The highest BCUT2D eigenvalue weighted by Gasteiger charge is 2.28. The molecule has 0 saturated heterocycles. The van der Waals surface area contributed by atoms with Gasteiger partial charge in [0.1, 0.15) is 6.10 Å². The zero-order valence-corrected chi connectivity index (χ0v) is 10.8. The molecule has 0 bridgehead atoms. The molecule has 0 amide bonds. The number of carbonyl (C=O) groups excluding carboxylic acids is 1. The average molecular weight is 227 g/mol. The molecule has 0 aromatic rings. The molecule has 16 heavy (non-hydrogen) atoms. The molecule has 0 unspecified atom stereocenters. The molecule has 0 aromatic heterocycles. The third kappa shape index (κ3) is 4.97. The van der Waals surface area contributed by atoms with Crippen molar-refractivity contribution in [3.05, 3.63) is 0 Å². The van der Waals surface area contributed by atoms with Gasteiger partial charge in [-0.05, 0) is 51.1 Å². The molecule has 1 saturated carbocycles. The maximum absolute atomic E-state index is 11.5. The lowest BCUT2D eigenvalue weighted by molar-refractivity contribution is -0.151. The van der Waals surface area contributed by atoms with Crippen molar-refractivity contribution in [3.8, 4) is 0 Å². The molecule has 1 aliphatic carbocycles. The van der Waals surface area contributed by atoms with Gasteiger partial charge in [-0.1, -0.05) is 13.8 Å². The third-order valence-electron chi connectivity index (χ3n) is 3.39. The van der Waals surface area contributed by atoms with Crippen LogP contribution in [0.15, 0.2) is 0 Å². The second kappa shape index (κ2) is 6.24. The monoisotopic (exact) mass is 227 g/mol. The Labute approximate surface area is 98.9 Å². The van der Waals surface area contributed by atoms with Crippen LogP contribution in [-0.2, 0) is 9.53 Å². The number of carbonyl (C=O) groups is 1. The fourth-order valence-corrected chi connectivity index (χ4v) is 2.14. The SMILES string of the molecule is CNCCCC(=O)OC1CCC(C)(C)CC1. The zero-order valence-electron chi connectivity index (χ0n) is 10.8. The first-order chi connectivity index (χ1) is 7.53. The minimum absolute atomic E-state index is 0.0278. The fraction of sp³-hybridized carbons (Fsp3) is 0.923. The Bertz CT molecular complexity index is 216. The van der Waals surface area contributed by atoms with Crippen molar-refractivity contribution in [2.24, 2.45) is 5.41 Å². The van der Waals surface area contributed by atoms with Crippen molar-refractivity contribution in [2.75, 3.05) is 13.6 Å². The van der Waals surface area contributed by atoms with Crippen molar-refractivity contribution in [3.63, 3.8) is 0 Å². The predicted molar refractivity (Wildman–Crippen MR) is 65.3 cm³/mol. The molecule has 94 valence electrons. The number of esters is 1. The van der Waals surface area contributed by atoms with E-state index < -0.39 is 0 Å². The number of ether oxygens (including phenoxy) is 1. The van der Waals surface area contributed by atoms with Gasteiger partial charge < -0.3 is 10.1 Å². The van der Waals surface area contributed by atoms with Crippen LogP contribution in [0.2, 0.25) is 0 Å². The summed E-state index contributed by atoms with van der Waals surface area (Å²) in [5.41, 5.74) is 0.440.